The van der Waals surface area contributed by atoms with Gasteiger partial charge in [-0.2, -0.15) is 0 Å². The summed E-state index contributed by atoms with van der Waals surface area (Å²) in [7, 11) is 0. The third-order valence-electron chi connectivity index (χ3n) is 5.35. The van der Waals surface area contributed by atoms with Crippen molar-refractivity contribution >= 4 is 11.9 Å². The Hall–Kier alpha value is -1.40. The average Bonchev–Trinajstić information content (AvgIpc) is 3.28. The summed E-state index contributed by atoms with van der Waals surface area (Å²) in [4.78, 5) is 27.1. The molecule has 0 N–H and O–H groups in total. The van der Waals surface area contributed by atoms with Gasteiger partial charge in [0.25, 0.3) is 0 Å². The number of esters is 1. The molecule has 4 heterocycles. The average molecular weight is 321 g/mol. The third-order valence-corrected chi connectivity index (χ3v) is 5.35. The molecule has 126 valence electrons. The Balaban J connectivity index is 1.52. The van der Waals surface area contributed by atoms with E-state index in [-0.39, 0.29) is 24.1 Å². The molecule has 6 nitrogen and oxygen atoms in total. The Morgan fingerprint density at radius 2 is 2.39 bits per heavy atom. The second kappa shape index (κ2) is 5.60. The van der Waals surface area contributed by atoms with Crippen LogP contribution in [0.3, 0.4) is 0 Å². The van der Waals surface area contributed by atoms with E-state index in [1.807, 2.05) is 24.0 Å². The van der Waals surface area contributed by atoms with Gasteiger partial charge in [-0.3, -0.25) is 9.59 Å². The third kappa shape index (κ3) is 2.31. The maximum absolute atomic E-state index is 12.9. The number of rotatable bonds is 5. The van der Waals surface area contributed by atoms with E-state index in [4.69, 9.17) is 14.2 Å². The lowest BCUT2D eigenvalue weighted by Gasteiger charge is -2.23. The van der Waals surface area contributed by atoms with Crippen molar-refractivity contribution in [2.24, 2.45) is 11.8 Å². The number of hydrogen-bond acceptors (Lipinski definition) is 5. The SMILES string of the molecule is CCCOC(=O)C1[C@H]2C(=O)N(CC3CCCO3)C[C@]23C=C[C@H]1O3. The first-order valence-corrected chi connectivity index (χ1v) is 8.59. The number of fused-ring (bicyclic) bond motifs is 1. The lowest BCUT2D eigenvalue weighted by Crippen LogP contribution is -2.40. The topological polar surface area (TPSA) is 65.1 Å². The van der Waals surface area contributed by atoms with Crippen LogP contribution in [0.5, 0.6) is 0 Å². The molecule has 2 unspecified atom stereocenters. The zero-order valence-corrected chi connectivity index (χ0v) is 13.4. The summed E-state index contributed by atoms with van der Waals surface area (Å²) in [6.07, 6.45) is 6.48. The Bertz CT molecular complexity index is 541. The normalized spacial score (nSPS) is 40.9. The quantitative estimate of drug-likeness (QED) is 0.556. The fraction of sp³-hybridized carbons (Fsp3) is 0.765. The standard InChI is InChI=1S/C17H23NO5/c1-2-7-22-16(20)13-12-5-6-17(23-12)10-18(15(19)14(13)17)9-11-4-3-8-21-11/h5-6,11-14H,2-4,7-10H2,1H3/t11?,12-,13?,14+,17-/m1/s1. The van der Waals surface area contributed by atoms with Crippen molar-refractivity contribution in [1.29, 1.82) is 0 Å². The van der Waals surface area contributed by atoms with Crippen LogP contribution >= 0.6 is 0 Å². The van der Waals surface area contributed by atoms with E-state index in [0.29, 0.717) is 19.7 Å². The van der Waals surface area contributed by atoms with Gasteiger partial charge in [-0.15, -0.1) is 0 Å². The van der Waals surface area contributed by atoms with Crippen molar-refractivity contribution < 1.29 is 23.8 Å². The summed E-state index contributed by atoms with van der Waals surface area (Å²) in [5.74, 6) is -1.25. The number of amides is 1. The van der Waals surface area contributed by atoms with Gasteiger partial charge < -0.3 is 19.1 Å². The predicted molar refractivity (Wildman–Crippen MR) is 80.5 cm³/mol. The minimum absolute atomic E-state index is 0.00537. The molecule has 4 aliphatic heterocycles. The van der Waals surface area contributed by atoms with Gasteiger partial charge in [0.1, 0.15) is 11.5 Å². The molecule has 0 aromatic heterocycles. The Morgan fingerprint density at radius 1 is 1.52 bits per heavy atom. The van der Waals surface area contributed by atoms with Gasteiger partial charge >= 0.3 is 5.97 Å². The van der Waals surface area contributed by atoms with Gasteiger partial charge in [-0.25, -0.2) is 0 Å². The maximum Gasteiger partial charge on any atom is 0.312 e. The molecule has 4 rings (SSSR count). The lowest BCUT2D eigenvalue weighted by atomic mass is 9.77. The summed E-state index contributed by atoms with van der Waals surface area (Å²) < 4.78 is 17.0. The van der Waals surface area contributed by atoms with E-state index in [1.54, 1.807) is 0 Å². The van der Waals surface area contributed by atoms with Crippen LogP contribution in [0, 0.1) is 11.8 Å². The van der Waals surface area contributed by atoms with Crippen LogP contribution in [0.2, 0.25) is 0 Å². The highest BCUT2D eigenvalue weighted by Crippen LogP contribution is 2.52. The number of carbonyl (C=O) groups excluding carboxylic acids is 2. The van der Waals surface area contributed by atoms with E-state index < -0.39 is 17.4 Å². The molecule has 3 fully saturated rings. The number of hydrogen-bond donors (Lipinski definition) is 0. The van der Waals surface area contributed by atoms with Crippen molar-refractivity contribution in [2.45, 2.75) is 44.0 Å². The summed E-state index contributed by atoms with van der Waals surface area (Å²) in [5.41, 5.74) is -0.643. The lowest BCUT2D eigenvalue weighted by molar-refractivity contribution is -0.154. The summed E-state index contributed by atoms with van der Waals surface area (Å²) >= 11 is 0. The van der Waals surface area contributed by atoms with E-state index >= 15 is 0 Å². The molecular formula is C17H23NO5. The minimum atomic E-state index is -0.643. The second-order valence-corrected chi connectivity index (χ2v) is 6.92. The largest absolute Gasteiger partial charge is 0.465 e. The maximum atomic E-state index is 12.9. The van der Waals surface area contributed by atoms with Crippen LogP contribution in [0.4, 0.5) is 0 Å². The van der Waals surface area contributed by atoms with Crippen molar-refractivity contribution in [3.05, 3.63) is 12.2 Å². The highest BCUT2D eigenvalue weighted by molar-refractivity contribution is 5.91. The molecular weight excluding hydrogens is 298 g/mol. The summed E-state index contributed by atoms with van der Waals surface area (Å²) in [5, 5.41) is 0. The predicted octanol–water partition coefficient (Wildman–Crippen LogP) is 0.901. The molecule has 0 saturated carbocycles. The first kappa shape index (κ1) is 15.1. The molecule has 1 spiro atoms. The highest BCUT2D eigenvalue weighted by Gasteiger charge is 2.67. The van der Waals surface area contributed by atoms with Gasteiger partial charge in [-0.1, -0.05) is 19.1 Å². The fourth-order valence-corrected chi connectivity index (χ4v) is 4.33. The molecule has 23 heavy (non-hydrogen) atoms. The first-order chi connectivity index (χ1) is 11.1. The zero-order valence-electron chi connectivity index (χ0n) is 13.4. The molecule has 0 radical (unpaired) electrons. The second-order valence-electron chi connectivity index (χ2n) is 6.92. The molecule has 3 saturated heterocycles. The van der Waals surface area contributed by atoms with Crippen molar-refractivity contribution in [2.75, 3.05) is 26.3 Å². The van der Waals surface area contributed by atoms with Gasteiger partial charge in [0, 0.05) is 13.2 Å². The molecule has 2 bridgehead atoms. The molecule has 6 heteroatoms. The smallest absolute Gasteiger partial charge is 0.312 e. The molecule has 1 amide bonds. The number of ether oxygens (including phenoxy) is 3. The van der Waals surface area contributed by atoms with E-state index in [2.05, 4.69) is 0 Å². The Labute approximate surface area is 135 Å². The molecule has 5 atom stereocenters. The molecule has 4 aliphatic rings. The Kier molecular flexibility index (Phi) is 3.69. The molecule has 0 aliphatic carbocycles. The van der Waals surface area contributed by atoms with Gasteiger partial charge in [0.15, 0.2) is 0 Å². The van der Waals surface area contributed by atoms with E-state index in [9.17, 15) is 9.59 Å². The van der Waals surface area contributed by atoms with Crippen LogP contribution in [-0.4, -0.2) is 60.9 Å². The van der Waals surface area contributed by atoms with Gasteiger partial charge in [-0.05, 0) is 19.3 Å². The van der Waals surface area contributed by atoms with E-state index in [0.717, 1.165) is 25.9 Å². The van der Waals surface area contributed by atoms with Crippen molar-refractivity contribution in [3.8, 4) is 0 Å². The monoisotopic (exact) mass is 321 g/mol. The number of nitrogens with zero attached hydrogens (tertiary/aromatic N) is 1. The van der Waals surface area contributed by atoms with Crippen LogP contribution in [0.15, 0.2) is 12.2 Å². The van der Waals surface area contributed by atoms with Crippen LogP contribution < -0.4 is 0 Å². The van der Waals surface area contributed by atoms with Crippen LogP contribution in [-0.2, 0) is 23.8 Å². The Morgan fingerprint density at radius 3 is 3.13 bits per heavy atom. The molecule has 0 aromatic rings. The number of likely N-dealkylation sites (tertiary alicyclic amines) is 1. The van der Waals surface area contributed by atoms with Crippen LogP contribution in [0.1, 0.15) is 26.2 Å². The van der Waals surface area contributed by atoms with Crippen molar-refractivity contribution in [1.82, 2.24) is 4.90 Å². The van der Waals surface area contributed by atoms with Gasteiger partial charge in [0.2, 0.25) is 5.91 Å². The summed E-state index contributed by atoms with van der Waals surface area (Å²) in [6.45, 7) is 4.22. The fourth-order valence-electron chi connectivity index (χ4n) is 4.33. The highest BCUT2D eigenvalue weighted by atomic mass is 16.6. The van der Waals surface area contributed by atoms with Crippen molar-refractivity contribution in [3.63, 3.8) is 0 Å². The van der Waals surface area contributed by atoms with Gasteiger partial charge in [0.05, 0.1) is 31.3 Å². The van der Waals surface area contributed by atoms with Crippen LogP contribution in [0.25, 0.3) is 0 Å². The zero-order chi connectivity index (χ0) is 16.0. The number of carbonyl (C=O) groups is 2. The first-order valence-electron chi connectivity index (χ1n) is 8.59. The summed E-state index contributed by atoms with van der Waals surface area (Å²) in [6, 6.07) is 0. The van der Waals surface area contributed by atoms with E-state index in [1.165, 1.54) is 0 Å². The molecule has 0 aromatic carbocycles. The minimum Gasteiger partial charge on any atom is -0.465 e.